The number of amidine groups is 1. The van der Waals surface area contributed by atoms with Crippen LogP contribution in [0.15, 0.2) is 57.6 Å². The summed E-state index contributed by atoms with van der Waals surface area (Å²) in [6, 6.07) is 10.5. The number of aryl methyl sites for hydroxylation is 3. The van der Waals surface area contributed by atoms with Gasteiger partial charge in [0, 0.05) is 18.0 Å². The number of ether oxygens (including phenoxy) is 1. The summed E-state index contributed by atoms with van der Waals surface area (Å²) >= 11 is 1.66. The second kappa shape index (κ2) is 9.46. The number of nitrogens with zero attached hydrogens (tertiary/aromatic N) is 2. The Morgan fingerprint density at radius 3 is 2.53 bits per heavy atom. The molecule has 1 unspecified atom stereocenters. The number of anilines is 1. The topological polar surface area (TPSA) is 88.1 Å². The minimum atomic E-state index is -3.80. The largest absolute Gasteiger partial charge is 0.466 e. The third-order valence-corrected chi connectivity index (χ3v) is 8.75. The van der Waals surface area contributed by atoms with Crippen LogP contribution in [0.1, 0.15) is 41.6 Å². The summed E-state index contributed by atoms with van der Waals surface area (Å²) in [5, 5.41) is 0.873. The number of fused-ring (bicyclic) bond motifs is 1. The Labute approximate surface area is 205 Å². The molecule has 0 radical (unpaired) electrons. The van der Waals surface area contributed by atoms with Crippen LogP contribution >= 0.6 is 11.8 Å². The summed E-state index contributed by atoms with van der Waals surface area (Å²) in [7, 11) is -2.44. The van der Waals surface area contributed by atoms with E-state index in [9.17, 15) is 13.2 Å². The molecular weight excluding hydrogens is 470 g/mol. The summed E-state index contributed by atoms with van der Waals surface area (Å²) in [6.07, 6.45) is 0.964. The molecule has 1 N–H and O–H groups in total. The Balaban J connectivity index is 1.74. The molecule has 0 amide bonds. The van der Waals surface area contributed by atoms with Crippen LogP contribution in [-0.2, 0) is 19.6 Å². The number of rotatable bonds is 5. The molecule has 0 saturated carbocycles. The van der Waals surface area contributed by atoms with Gasteiger partial charge in [0.2, 0.25) is 0 Å². The molecule has 0 spiro atoms. The SMILES string of the molecule is COC(=O)C1=C(C)N=C2SCCCN2C1c1cccc(NS(=O)(=O)c2c(C)cc(C)cc2C)c1. The molecule has 2 aliphatic heterocycles. The first-order valence-corrected chi connectivity index (χ1v) is 13.6. The summed E-state index contributed by atoms with van der Waals surface area (Å²) in [5.41, 5.74) is 4.74. The number of aliphatic imine (C=N–C) groups is 1. The van der Waals surface area contributed by atoms with Gasteiger partial charge in [-0.2, -0.15) is 0 Å². The second-order valence-electron chi connectivity index (χ2n) is 8.64. The maximum absolute atomic E-state index is 13.3. The van der Waals surface area contributed by atoms with Crippen molar-refractivity contribution in [3.05, 3.63) is 69.9 Å². The van der Waals surface area contributed by atoms with E-state index in [2.05, 4.69) is 14.6 Å². The van der Waals surface area contributed by atoms with Gasteiger partial charge in [0.05, 0.1) is 29.3 Å². The van der Waals surface area contributed by atoms with Gasteiger partial charge in [-0.25, -0.2) is 18.2 Å². The molecule has 34 heavy (non-hydrogen) atoms. The van der Waals surface area contributed by atoms with Crippen molar-refractivity contribution in [2.24, 2.45) is 4.99 Å². The Hall–Kier alpha value is -2.78. The number of hydrogen-bond donors (Lipinski definition) is 1. The van der Waals surface area contributed by atoms with Gasteiger partial charge in [-0.15, -0.1) is 0 Å². The molecule has 2 aromatic rings. The Morgan fingerprint density at radius 1 is 1.15 bits per heavy atom. The molecule has 0 aromatic heterocycles. The van der Waals surface area contributed by atoms with Crippen LogP contribution in [0.3, 0.4) is 0 Å². The molecule has 180 valence electrons. The lowest BCUT2D eigenvalue weighted by Gasteiger charge is -2.40. The summed E-state index contributed by atoms with van der Waals surface area (Å²) in [6.45, 7) is 8.12. The van der Waals surface area contributed by atoms with E-state index in [1.807, 2.05) is 32.0 Å². The average Bonchev–Trinajstić information content (AvgIpc) is 2.76. The number of nitrogens with one attached hydrogen (secondary N) is 1. The molecular formula is C25H29N3O4S2. The van der Waals surface area contributed by atoms with Crippen molar-refractivity contribution in [3.8, 4) is 0 Å². The Kier molecular flexibility index (Phi) is 6.78. The number of benzene rings is 2. The standard InChI is InChI=1S/C25H29N3O4S2/c1-15-12-16(2)23(17(3)13-15)34(30,31)27-20-9-6-8-19(14-20)22-21(24(29)32-5)18(4)26-25-28(22)10-7-11-33-25/h6,8-9,12-14,22,27H,7,10-11H2,1-5H3. The molecule has 0 aliphatic carbocycles. The van der Waals surface area contributed by atoms with Gasteiger partial charge in [0.25, 0.3) is 10.0 Å². The van der Waals surface area contributed by atoms with Gasteiger partial charge in [-0.1, -0.05) is 41.6 Å². The van der Waals surface area contributed by atoms with Crippen LogP contribution in [-0.4, -0.2) is 43.9 Å². The molecule has 2 heterocycles. The number of carbonyl (C=O) groups is 1. The van der Waals surface area contributed by atoms with E-state index in [0.717, 1.165) is 35.0 Å². The lowest BCUT2D eigenvalue weighted by atomic mass is 9.94. The number of carbonyl (C=O) groups excluding carboxylic acids is 1. The lowest BCUT2D eigenvalue weighted by molar-refractivity contribution is -0.136. The van der Waals surface area contributed by atoms with Crippen LogP contribution in [0.2, 0.25) is 0 Å². The maximum Gasteiger partial charge on any atom is 0.338 e. The zero-order valence-corrected chi connectivity index (χ0v) is 21.6. The third-order valence-electron chi connectivity index (χ3n) is 5.99. The maximum atomic E-state index is 13.3. The van der Waals surface area contributed by atoms with Crippen LogP contribution in [0.4, 0.5) is 5.69 Å². The van der Waals surface area contributed by atoms with E-state index in [1.165, 1.54) is 7.11 Å². The first-order valence-electron chi connectivity index (χ1n) is 11.1. The van der Waals surface area contributed by atoms with Crippen LogP contribution < -0.4 is 4.72 Å². The second-order valence-corrected chi connectivity index (χ2v) is 11.3. The molecule has 2 aliphatic rings. The molecule has 1 atom stereocenters. The first-order chi connectivity index (χ1) is 16.1. The lowest BCUT2D eigenvalue weighted by Crippen LogP contribution is -2.42. The monoisotopic (exact) mass is 499 g/mol. The van der Waals surface area contributed by atoms with Crippen molar-refractivity contribution in [1.29, 1.82) is 0 Å². The van der Waals surface area contributed by atoms with Crippen molar-refractivity contribution in [2.45, 2.75) is 45.1 Å². The fourth-order valence-electron chi connectivity index (χ4n) is 4.76. The summed E-state index contributed by atoms with van der Waals surface area (Å²) in [4.78, 5) is 19.8. The predicted octanol–water partition coefficient (Wildman–Crippen LogP) is 4.71. The molecule has 0 bridgehead atoms. The molecule has 4 rings (SSSR count). The van der Waals surface area contributed by atoms with Crippen LogP contribution in [0.5, 0.6) is 0 Å². The van der Waals surface area contributed by atoms with E-state index in [-0.39, 0.29) is 4.90 Å². The third kappa shape index (κ3) is 4.59. The van der Waals surface area contributed by atoms with E-state index >= 15 is 0 Å². The fourth-order valence-corrected chi connectivity index (χ4v) is 7.28. The van der Waals surface area contributed by atoms with Gasteiger partial charge >= 0.3 is 5.97 Å². The van der Waals surface area contributed by atoms with Crippen molar-refractivity contribution < 1.29 is 17.9 Å². The van der Waals surface area contributed by atoms with E-state index in [0.29, 0.717) is 28.1 Å². The minimum Gasteiger partial charge on any atom is -0.466 e. The van der Waals surface area contributed by atoms with Crippen molar-refractivity contribution in [3.63, 3.8) is 0 Å². The zero-order valence-electron chi connectivity index (χ0n) is 20.0. The van der Waals surface area contributed by atoms with E-state index < -0.39 is 22.0 Å². The highest BCUT2D eigenvalue weighted by molar-refractivity contribution is 8.13. The fraction of sp³-hybridized carbons (Fsp3) is 0.360. The van der Waals surface area contributed by atoms with Crippen molar-refractivity contribution in [2.75, 3.05) is 24.1 Å². The smallest absolute Gasteiger partial charge is 0.338 e. The van der Waals surface area contributed by atoms with Gasteiger partial charge in [0.15, 0.2) is 5.17 Å². The van der Waals surface area contributed by atoms with Gasteiger partial charge in [-0.3, -0.25) is 4.72 Å². The Morgan fingerprint density at radius 2 is 1.85 bits per heavy atom. The van der Waals surface area contributed by atoms with Gasteiger partial charge in [-0.05, 0) is 62.9 Å². The van der Waals surface area contributed by atoms with Gasteiger partial charge < -0.3 is 9.64 Å². The van der Waals surface area contributed by atoms with E-state index in [1.54, 1.807) is 43.8 Å². The predicted molar refractivity (Wildman–Crippen MR) is 137 cm³/mol. The summed E-state index contributed by atoms with van der Waals surface area (Å²) < 4.78 is 34.5. The number of thioether (sulfide) groups is 1. The van der Waals surface area contributed by atoms with Crippen molar-refractivity contribution in [1.82, 2.24) is 4.90 Å². The van der Waals surface area contributed by atoms with Crippen LogP contribution in [0.25, 0.3) is 0 Å². The highest BCUT2D eigenvalue weighted by Gasteiger charge is 2.37. The molecule has 9 heteroatoms. The first kappa shape index (κ1) is 24.3. The van der Waals surface area contributed by atoms with E-state index in [4.69, 9.17) is 4.74 Å². The van der Waals surface area contributed by atoms with Crippen LogP contribution in [0, 0.1) is 20.8 Å². The Bertz CT molecular complexity index is 1290. The number of sulfonamides is 1. The highest BCUT2D eigenvalue weighted by Crippen LogP contribution is 2.40. The molecule has 1 saturated heterocycles. The minimum absolute atomic E-state index is 0.286. The molecule has 1 fully saturated rings. The normalized spacial score (nSPS) is 18.3. The van der Waals surface area contributed by atoms with Gasteiger partial charge in [0.1, 0.15) is 0 Å². The molecule has 2 aromatic carbocycles. The highest BCUT2D eigenvalue weighted by atomic mass is 32.2. The summed E-state index contributed by atoms with van der Waals surface area (Å²) in [5.74, 6) is 0.538. The number of allylic oxidation sites excluding steroid dienone is 1. The number of esters is 1. The van der Waals surface area contributed by atoms with Crippen molar-refractivity contribution >= 4 is 38.6 Å². The number of methoxy groups -OCH3 is 1. The zero-order chi connectivity index (χ0) is 24.6. The average molecular weight is 500 g/mol. The molecule has 7 nitrogen and oxygen atoms in total. The quantitative estimate of drug-likeness (QED) is 0.600. The number of hydrogen-bond acceptors (Lipinski definition) is 7.